The van der Waals surface area contributed by atoms with Gasteiger partial charge in [0.15, 0.2) is 0 Å². The van der Waals surface area contributed by atoms with Crippen molar-refractivity contribution in [1.82, 2.24) is 0 Å². The largest absolute Gasteiger partial charge is 0.366 e. The Morgan fingerprint density at radius 1 is 1.47 bits per heavy atom. The van der Waals surface area contributed by atoms with Gasteiger partial charge in [0, 0.05) is 5.25 Å². The number of rotatable bonds is 4. The van der Waals surface area contributed by atoms with Crippen LogP contribution >= 0.6 is 0 Å². The molecule has 0 aliphatic heterocycles. The zero-order chi connectivity index (χ0) is 11.4. The molecule has 15 heavy (non-hydrogen) atoms. The van der Waals surface area contributed by atoms with Crippen LogP contribution in [0.3, 0.4) is 0 Å². The van der Waals surface area contributed by atoms with Crippen LogP contribution in [0.4, 0.5) is 0 Å². The molecule has 0 heterocycles. The van der Waals surface area contributed by atoms with E-state index in [1.807, 2.05) is 13.8 Å². The lowest BCUT2D eigenvalue weighted by atomic mass is 10.2. The predicted octanol–water partition coefficient (Wildman–Crippen LogP) is 1.69. The minimum Gasteiger partial charge on any atom is -0.366 e. The van der Waals surface area contributed by atoms with Gasteiger partial charge in [-0.25, -0.2) is 0 Å². The maximum atomic E-state index is 12.0. The van der Waals surface area contributed by atoms with Crippen LogP contribution in [0.15, 0.2) is 29.2 Å². The summed E-state index contributed by atoms with van der Waals surface area (Å²) in [7, 11) is -1.16. The van der Waals surface area contributed by atoms with E-state index >= 15 is 0 Å². The van der Waals surface area contributed by atoms with Crippen molar-refractivity contribution in [3.05, 3.63) is 29.8 Å². The first-order valence-corrected chi connectivity index (χ1v) is 6.08. The summed E-state index contributed by atoms with van der Waals surface area (Å²) in [6, 6.07) is 6.79. The molecule has 82 valence electrons. The second kappa shape index (κ2) is 5.07. The quantitative estimate of drug-likeness (QED) is 0.847. The normalized spacial score (nSPS) is 14.5. The Balaban J connectivity index is 3.13. The molecule has 0 saturated heterocycles. The van der Waals surface area contributed by atoms with Crippen LogP contribution in [0.5, 0.6) is 0 Å². The van der Waals surface area contributed by atoms with Crippen LogP contribution in [0.25, 0.3) is 0 Å². The highest BCUT2D eigenvalue weighted by molar-refractivity contribution is 7.85. The number of nitrogens with two attached hydrogens (primary N) is 1. The standard InChI is InChI=1S/C11H15NO2S/c1-3-8(2)15(14)10-7-5-4-6-9(10)11(12)13/h4-8H,3H2,1-2H3,(H2,12,13). The Kier molecular flexibility index (Phi) is 4.03. The molecule has 0 aromatic heterocycles. The van der Waals surface area contributed by atoms with Gasteiger partial charge in [-0.3, -0.25) is 9.00 Å². The van der Waals surface area contributed by atoms with Crippen molar-refractivity contribution in [3.8, 4) is 0 Å². The van der Waals surface area contributed by atoms with Gasteiger partial charge in [0.05, 0.1) is 21.3 Å². The first-order valence-electron chi connectivity index (χ1n) is 4.87. The summed E-state index contributed by atoms with van der Waals surface area (Å²) in [5.74, 6) is -0.526. The maximum Gasteiger partial charge on any atom is 0.249 e. The lowest BCUT2D eigenvalue weighted by molar-refractivity contribution is 0.0997. The topological polar surface area (TPSA) is 60.2 Å². The summed E-state index contributed by atoms with van der Waals surface area (Å²) < 4.78 is 12.0. The number of benzene rings is 1. The van der Waals surface area contributed by atoms with Gasteiger partial charge in [0.25, 0.3) is 0 Å². The Morgan fingerprint density at radius 2 is 2.07 bits per heavy atom. The minimum atomic E-state index is -1.16. The summed E-state index contributed by atoms with van der Waals surface area (Å²) in [5, 5.41) is 0.0329. The van der Waals surface area contributed by atoms with Gasteiger partial charge in [-0.1, -0.05) is 26.0 Å². The van der Waals surface area contributed by atoms with Crippen LogP contribution < -0.4 is 5.73 Å². The lowest BCUT2D eigenvalue weighted by Crippen LogP contribution is -2.17. The second-order valence-electron chi connectivity index (χ2n) is 3.38. The first-order chi connectivity index (χ1) is 7.07. The van der Waals surface area contributed by atoms with E-state index in [4.69, 9.17) is 5.73 Å². The van der Waals surface area contributed by atoms with Crippen LogP contribution in [0, 0.1) is 0 Å². The highest BCUT2D eigenvalue weighted by Gasteiger charge is 2.17. The van der Waals surface area contributed by atoms with Gasteiger partial charge in [-0.2, -0.15) is 0 Å². The number of amides is 1. The molecule has 0 fully saturated rings. The molecule has 1 amide bonds. The molecule has 0 spiro atoms. The third-order valence-electron chi connectivity index (χ3n) is 2.31. The average molecular weight is 225 g/mol. The van der Waals surface area contributed by atoms with Crippen molar-refractivity contribution in [2.45, 2.75) is 30.4 Å². The van der Waals surface area contributed by atoms with E-state index in [1.54, 1.807) is 24.3 Å². The highest BCUT2D eigenvalue weighted by Crippen LogP contribution is 2.17. The number of carbonyl (C=O) groups excluding carboxylic acids is 1. The summed E-state index contributed by atoms with van der Waals surface area (Å²) in [6.45, 7) is 3.86. The average Bonchev–Trinajstić information content (AvgIpc) is 2.27. The molecule has 0 aliphatic rings. The van der Waals surface area contributed by atoms with Gasteiger partial charge in [0.1, 0.15) is 0 Å². The molecule has 2 atom stereocenters. The molecule has 1 rings (SSSR count). The molecule has 4 heteroatoms. The van der Waals surface area contributed by atoms with Crippen molar-refractivity contribution in [2.24, 2.45) is 5.73 Å². The first kappa shape index (κ1) is 11.9. The fourth-order valence-electron chi connectivity index (χ4n) is 1.21. The fourth-order valence-corrected chi connectivity index (χ4v) is 2.55. The molecule has 1 aromatic rings. The highest BCUT2D eigenvalue weighted by atomic mass is 32.2. The summed E-state index contributed by atoms with van der Waals surface area (Å²) >= 11 is 0. The minimum absolute atomic E-state index is 0.0329. The lowest BCUT2D eigenvalue weighted by Gasteiger charge is -2.11. The van der Waals surface area contributed by atoms with Crippen molar-refractivity contribution < 1.29 is 9.00 Å². The second-order valence-corrected chi connectivity index (χ2v) is 5.22. The molecule has 0 bridgehead atoms. The van der Waals surface area contributed by atoms with Crippen molar-refractivity contribution >= 4 is 16.7 Å². The number of hydrogen-bond donors (Lipinski definition) is 1. The summed E-state index contributed by atoms with van der Waals surface area (Å²) in [4.78, 5) is 11.7. The van der Waals surface area contributed by atoms with E-state index in [0.717, 1.165) is 6.42 Å². The van der Waals surface area contributed by atoms with Gasteiger partial charge in [0.2, 0.25) is 5.91 Å². The monoisotopic (exact) mass is 225 g/mol. The Hall–Kier alpha value is -1.16. The van der Waals surface area contributed by atoms with Crippen molar-refractivity contribution in [3.63, 3.8) is 0 Å². The van der Waals surface area contributed by atoms with Gasteiger partial charge in [-0.15, -0.1) is 0 Å². The number of hydrogen-bond acceptors (Lipinski definition) is 2. The van der Waals surface area contributed by atoms with Crippen LogP contribution in [-0.4, -0.2) is 15.4 Å². The molecular formula is C11H15NO2S. The molecule has 0 aliphatic carbocycles. The molecule has 0 radical (unpaired) electrons. The third-order valence-corrected chi connectivity index (χ3v) is 4.16. The molecule has 3 nitrogen and oxygen atoms in total. The predicted molar refractivity (Wildman–Crippen MR) is 61.1 cm³/mol. The fraction of sp³-hybridized carbons (Fsp3) is 0.364. The van der Waals surface area contributed by atoms with E-state index in [-0.39, 0.29) is 5.25 Å². The van der Waals surface area contributed by atoms with Crippen LogP contribution in [-0.2, 0) is 10.8 Å². The number of carbonyl (C=O) groups is 1. The molecule has 0 saturated carbocycles. The van der Waals surface area contributed by atoms with E-state index in [2.05, 4.69) is 0 Å². The number of primary amides is 1. The van der Waals surface area contributed by atoms with Crippen molar-refractivity contribution in [2.75, 3.05) is 0 Å². The summed E-state index contributed by atoms with van der Waals surface area (Å²) in [6.07, 6.45) is 0.805. The van der Waals surface area contributed by atoms with Gasteiger partial charge < -0.3 is 5.73 Å². The Morgan fingerprint density at radius 3 is 2.60 bits per heavy atom. The van der Waals surface area contributed by atoms with Gasteiger partial charge in [-0.05, 0) is 18.6 Å². The SMILES string of the molecule is CCC(C)S(=O)c1ccccc1C(N)=O. The van der Waals surface area contributed by atoms with Crippen LogP contribution in [0.1, 0.15) is 30.6 Å². The van der Waals surface area contributed by atoms with Crippen LogP contribution in [0.2, 0.25) is 0 Å². The third kappa shape index (κ3) is 2.65. The molecule has 1 aromatic carbocycles. The van der Waals surface area contributed by atoms with Gasteiger partial charge >= 0.3 is 0 Å². The van der Waals surface area contributed by atoms with Crippen molar-refractivity contribution in [1.29, 1.82) is 0 Å². The maximum absolute atomic E-state index is 12.0. The zero-order valence-corrected chi connectivity index (χ0v) is 9.71. The molecular weight excluding hydrogens is 210 g/mol. The molecule has 2 unspecified atom stereocenters. The van der Waals surface area contributed by atoms with E-state index in [9.17, 15) is 9.00 Å². The smallest absolute Gasteiger partial charge is 0.249 e. The molecule has 2 N–H and O–H groups in total. The summed E-state index contributed by atoms with van der Waals surface area (Å²) in [5.41, 5.74) is 5.58. The van der Waals surface area contributed by atoms with E-state index < -0.39 is 16.7 Å². The van der Waals surface area contributed by atoms with E-state index in [0.29, 0.717) is 10.5 Å². The zero-order valence-electron chi connectivity index (χ0n) is 8.90. The Bertz CT molecular complexity index is 390. The Labute approximate surface area is 92.1 Å². The van der Waals surface area contributed by atoms with E-state index in [1.165, 1.54) is 0 Å².